The number of imidazole rings is 1. The predicted octanol–water partition coefficient (Wildman–Crippen LogP) is 3.02. The maximum Gasteiger partial charge on any atom is 0.193 e. The Morgan fingerprint density at radius 3 is 2.79 bits per heavy atom. The molecule has 4 rings (SSSR count). The highest BCUT2D eigenvalue weighted by Gasteiger charge is 2.11. The monoisotopic (exact) mass is 377 g/mol. The van der Waals surface area contributed by atoms with E-state index in [-0.39, 0.29) is 0 Å². The van der Waals surface area contributed by atoms with Gasteiger partial charge in [0.15, 0.2) is 17.5 Å². The van der Waals surface area contributed by atoms with Crippen LogP contribution >= 0.6 is 0 Å². The molecule has 0 saturated carbocycles. The van der Waals surface area contributed by atoms with Crippen LogP contribution in [0, 0.1) is 0 Å². The summed E-state index contributed by atoms with van der Waals surface area (Å²) in [5.74, 6) is 2.64. The molecule has 0 saturated heterocycles. The number of hydrogen-bond acceptors (Lipinski definition) is 4. The lowest BCUT2D eigenvalue weighted by Crippen LogP contribution is -2.23. The van der Waals surface area contributed by atoms with Gasteiger partial charge in [-0.05, 0) is 17.7 Å². The average molecular weight is 377 g/mol. The van der Waals surface area contributed by atoms with E-state index in [0.717, 1.165) is 30.2 Å². The summed E-state index contributed by atoms with van der Waals surface area (Å²) in [6, 6.07) is 15.9. The zero-order chi connectivity index (χ0) is 19.2. The Bertz CT molecular complexity index is 952. The van der Waals surface area contributed by atoms with E-state index >= 15 is 0 Å². The van der Waals surface area contributed by atoms with E-state index in [1.54, 1.807) is 6.20 Å². The number of rotatable bonds is 5. The fourth-order valence-corrected chi connectivity index (χ4v) is 3.00. The van der Waals surface area contributed by atoms with Crippen molar-refractivity contribution >= 4 is 11.6 Å². The Morgan fingerprint density at radius 1 is 1.11 bits per heavy atom. The van der Waals surface area contributed by atoms with Gasteiger partial charge < -0.3 is 25.1 Å². The van der Waals surface area contributed by atoms with Crippen molar-refractivity contribution in [3.63, 3.8) is 0 Å². The smallest absolute Gasteiger partial charge is 0.193 e. The summed E-state index contributed by atoms with van der Waals surface area (Å²) in [5.41, 5.74) is 8.08. The third-order valence-electron chi connectivity index (χ3n) is 4.41. The van der Waals surface area contributed by atoms with Gasteiger partial charge in [-0.2, -0.15) is 0 Å². The first-order valence-corrected chi connectivity index (χ1v) is 9.28. The van der Waals surface area contributed by atoms with Gasteiger partial charge in [0.25, 0.3) is 0 Å². The van der Waals surface area contributed by atoms with E-state index in [0.29, 0.717) is 31.5 Å². The zero-order valence-electron chi connectivity index (χ0n) is 15.5. The molecule has 0 amide bonds. The second-order valence-corrected chi connectivity index (χ2v) is 6.50. The maximum absolute atomic E-state index is 6.06. The third kappa shape index (κ3) is 4.43. The van der Waals surface area contributed by atoms with Crippen molar-refractivity contribution in [1.82, 2.24) is 9.55 Å². The second-order valence-electron chi connectivity index (χ2n) is 6.50. The summed E-state index contributed by atoms with van der Waals surface area (Å²) in [4.78, 5) is 8.82. The molecule has 1 aromatic heterocycles. The SMILES string of the molecule is NC(=NCc1nccn1Cc1ccccc1)Nc1ccc2c(c1)OCCCO2. The minimum atomic E-state index is 0.323. The largest absolute Gasteiger partial charge is 0.490 e. The Balaban J connectivity index is 1.40. The van der Waals surface area contributed by atoms with E-state index in [4.69, 9.17) is 15.2 Å². The van der Waals surface area contributed by atoms with Crippen molar-refractivity contribution < 1.29 is 9.47 Å². The van der Waals surface area contributed by atoms with Gasteiger partial charge in [0.1, 0.15) is 12.4 Å². The molecule has 0 atom stereocenters. The van der Waals surface area contributed by atoms with Gasteiger partial charge in [-0.3, -0.25) is 0 Å². The number of hydrogen-bond donors (Lipinski definition) is 2. The van der Waals surface area contributed by atoms with Crippen LogP contribution in [0.4, 0.5) is 5.69 Å². The van der Waals surface area contributed by atoms with Crippen molar-refractivity contribution in [2.24, 2.45) is 10.7 Å². The summed E-state index contributed by atoms with van der Waals surface area (Å²) in [7, 11) is 0. The topological polar surface area (TPSA) is 86.7 Å². The van der Waals surface area contributed by atoms with Crippen molar-refractivity contribution in [2.75, 3.05) is 18.5 Å². The normalized spacial score (nSPS) is 13.8. The van der Waals surface area contributed by atoms with Crippen LogP contribution in [-0.2, 0) is 13.1 Å². The molecule has 2 heterocycles. The molecule has 7 heteroatoms. The molecule has 0 spiro atoms. The molecule has 1 aliphatic rings. The lowest BCUT2D eigenvalue weighted by atomic mass is 10.2. The van der Waals surface area contributed by atoms with Crippen LogP contribution in [0.1, 0.15) is 17.8 Å². The van der Waals surface area contributed by atoms with Gasteiger partial charge in [-0.25, -0.2) is 9.98 Å². The van der Waals surface area contributed by atoms with E-state index < -0.39 is 0 Å². The van der Waals surface area contributed by atoms with Crippen LogP contribution in [0.25, 0.3) is 0 Å². The van der Waals surface area contributed by atoms with Crippen molar-refractivity contribution in [1.29, 1.82) is 0 Å². The highest BCUT2D eigenvalue weighted by Crippen LogP contribution is 2.32. The van der Waals surface area contributed by atoms with Gasteiger partial charge in [0.2, 0.25) is 0 Å². The zero-order valence-corrected chi connectivity index (χ0v) is 15.5. The first kappa shape index (κ1) is 17.9. The summed E-state index contributed by atoms with van der Waals surface area (Å²) in [6.07, 6.45) is 4.60. The van der Waals surface area contributed by atoms with Crippen molar-refractivity contribution in [3.8, 4) is 11.5 Å². The van der Waals surface area contributed by atoms with Gasteiger partial charge in [-0.15, -0.1) is 0 Å². The third-order valence-corrected chi connectivity index (χ3v) is 4.41. The number of nitrogens with two attached hydrogens (primary N) is 1. The Labute approximate surface area is 163 Å². The highest BCUT2D eigenvalue weighted by atomic mass is 16.5. The summed E-state index contributed by atoms with van der Waals surface area (Å²) in [6.45, 7) is 2.45. The van der Waals surface area contributed by atoms with Crippen LogP contribution in [0.15, 0.2) is 65.9 Å². The number of anilines is 1. The quantitative estimate of drug-likeness (QED) is 0.527. The molecule has 0 bridgehead atoms. The molecule has 0 radical (unpaired) electrons. The fraction of sp³-hybridized carbons (Fsp3) is 0.238. The predicted molar refractivity (Wildman–Crippen MR) is 109 cm³/mol. The number of aliphatic imine (C=N–C) groups is 1. The number of nitrogens with zero attached hydrogens (tertiary/aromatic N) is 3. The number of aromatic nitrogens is 2. The van der Waals surface area contributed by atoms with Gasteiger partial charge in [-0.1, -0.05) is 30.3 Å². The van der Waals surface area contributed by atoms with Crippen molar-refractivity contribution in [3.05, 3.63) is 72.3 Å². The molecule has 3 aromatic rings. The van der Waals surface area contributed by atoms with Gasteiger partial charge in [0, 0.05) is 37.1 Å². The minimum Gasteiger partial charge on any atom is -0.490 e. The minimum absolute atomic E-state index is 0.323. The summed E-state index contributed by atoms with van der Waals surface area (Å²) < 4.78 is 13.4. The number of guanidine groups is 1. The Hall–Kier alpha value is -3.48. The Morgan fingerprint density at radius 2 is 1.93 bits per heavy atom. The second kappa shape index (κ2) is 8.47. The molecular weight excluding hydrogens is 354 g/mol. The molecular formula is C21H23N5O2. The van der Waals surface area contributed by atoms with E-state index in [2.05, 4.69) is 32.0 Å². The molecule has 1 aliphatic heterocycles. The lowest BCUT2D eigenvalue weighted by Gasteiger charge is -2.11. The summed E-state index contributed by atoms with van der Waals surface area (Å²) >= 11 is 0. The number of ether oxygens (including phenoxy) is 2. The number of benzene rings is 2. The lowest BCUT2D eigenvalue weighted by molar-refractivity contribution is 0.297. The van der Waals surface area contributed by atoms with Crippen molar-refractivity contribution in [2.45, 2.75) is 19.5 Å². The summed E-state index contributed by atoms with van der Waals surface area (Å²) in [5, 5.41) is 3.10. The average Bonchev–Trinajstić information content (AvgIpc) is 3.01. The van der Waals surface area contributed by atoms with Gasteiger partial charge >= 0.3 is 0 Å². The molecule has 0 aliphatic carbocycles. The number of fused-ring (bicyclic) bond motifs is 1. The number of nitrogens with one attached hydrogen (secondary N) is 1. The first-order chi connectivity index (χ1) is 13.8. The first-order valence-electron chi connectivity index (χ1n) is 9.28. The standard InChI is InChI=1S/C21H23N5O2/c22-21(25-17-7-8-18-19(13-17)28-12-4-11-27-18)24-14-20-23-9-10-26(20)15-16-5-2-1-3-6-16/h1-3,5-10,13H,4,11-12,14-15H2,(H3,22,24,25). The van der Waals surface area contributed by atoms with Crippen LogP contribution in [-0.4, -0.2) is 28.7 Å². The molecule has 3 N–H and O–H groups in total. The van der Waals surface area contributed by atoms with E-state index in [1.165, 1.54) is 5.56 Å². The van der Waals surface area contributed by atoms with Crippen LogP contribution < -0.4 is 20.5 Å². The van der Waals surface area contributed by atoms with Crippen LogP contribution in [0.5, 0.6) is 11.5 Å². The van der Waals surface area contributed by atoms with E-state index in [9.17, 15) is 0 Å². The molecule has 2 aromatic carbocycles. The molecule has 0 unspecified atom stereocenters. The van der Waals surface area contributed by atoms with Crippen LogP contribution in [0.2, 0.25) is 0 Å². The molecule has 7 nitrogen and oxygen atoms in total. The molecule has 144 valence electrons. The molecule has 0 fully saturated rings. The van der Waals surface area contributed by atoms with Gasteiger partial charge in [0.05, 0.1) is 13.2 Å². The molecule has 28 heavy (non-hydrogen) atoms. The van der Waals surface area contributed by atoms with E-state index in [1.807, 2.05) is 42.6 Å². The fourth-order valence-electron chi connectivity index (χ4n) is 3.00. The Kier molecular flexibility index (Phi) is 5.42. The van der Waals surface area contributed by atoms with Crippen LogP contribution in [0.3, 0.4) is 0 Å². The highest BCUT2D eigenvalue weighted by molar-refractivity contribution is 5.92. The maximum atomic E-state index is 6.06.